The summed E-state index contributed by atoms with van der Waals surface area (Å²) in [7, 11) is 0. The molecular weight excluding hydrogens is 208 g/mol. The molecule has 0 saturated heterocycles. The quantitative estimate of drug-likeness (QED) is 0.739. The van der Waals surface area contributed by atoms with E-state index in [4.69, 9.17) is 4.74 Å². The van der Waals surface area contributed by atoms with Crippen molar-refractivity contribution in [3.8, 4) is 0 Å². The molecule has 0 bridgehead atoms. The van der Waals surface area contributed by atoms with Gasteiger partial charge in [-0.15, -0.1) is 0 Å². The van der Waals surface area contributed by atoms with E-state index in [1.807, 2.05) is 30.3 Å². The highest BCUT2D eigenvalue weighted by Crippen LogP contribution is 2.02. The molecule has 0 amide bonds. The van der Waals surface area contributed by atoms with Crippen LogP contribution in [-0.4, -0.2) is 34.8 Å². The van der Waals surface area contributed by atoms with E-state index in [2.05, 4.69) is 0 Å². The molecule has 88 valence electrons. The highest BCUT2D eigenvalue weighted by molar-refractivity contribution is 5.80. The molecular formula is C12H16O4. The minimum atomic E-state index is -1.37. The van der Waals surface area contributed by atoms with Crippen LogP contribution in [0.15, 0.2) is 30.3 Å². The number of aliphatic hydroxyl groups is 2. The van der Waals surface area contributed by atoms with E-state index in [0.29, 0.717) is 6.61 Å². The van der Waals surface area contributed by atoms with Crippen molar-refractivity contribution < 1.29 is 19.7 Å². The number of hydrogen-bond donors (Lipinski definition) is 2. The van der Waals surface area contributed by atoms with Crippen LogP contribution in [0, 0.1) is 0 Å². The maximum atomic E-state index is 10.8. The lowest BCUT2D eigenvalue weighted by Gasteiger charge is -2.15. The van der Waals surface area contributed by atoms with E-state index in [9.17, 15) is 15.0 Å². The van der Waals surface area contributed by atoms with E-state index in [0.717, 1.165) is 5.56 Å². The van der Waals surface area contributed by atoms with Gasteiger partial charge in [0.25, 0.3) is 0 Å². The molecule has 2 atom stereocenters. The summed E-state index contributed by atoms with van der Waals surface area (Å²) in [5, 5.41) is 18.6. The van der Waals surface area contributed by atoms with Crippen LogP contribution in [0.1, 0.15) is 12.5 Å². The topological polar surface area (TPSA) is 66.8 Å². The van der Waals surface area contributed by atoms with Crippen molar-refractivity contribution in [2.75, 3.05) is 6.61 Å². The van der Waals surface area contributed by atoms with E-state index in [-0.39, 0.29) is 6.61 Å². The monoisotopic (exact) mass is 224 g/mol. The zero-order valence-corrected chi connectivity index (χ0v) is 9.17. The molecule has 0 aliphatic heterocycles. The van der Waals surface area contributed by atoms with Gasteiger partial charge in [-0.3, -0.25) is 4.79 Å². The third kappa shape index (κ3) is 4.10. The third-order valence-electron chi connectivity index (χ3n) is 2.18. The molecule has 16 heavy (non-hydrogen) atoms. The number of rotatable bonds is 6. The van der Waals surface area contributed by atoms with Crippen molar-refractivity contribution in [1.82, 2.24) is 0 Å². The van der Waals surface area contributed by atoms with E-state index in [1.165, 1.54) is 6.92 Å². The first-order valence-electron chi connectivity index (χ1n) is 5.09. The number of carbonyl (C=O) groups excluding carboxylic acids is 1. The van der Waals surface area contributed by atoms with Crippen LogP contribution in [-0.2, 0) is 16.1 Å². The van der Waals surface area contributed by atoms with Gasteiger partial charge in [0.1, 0.15) is 12.2 Å². The second-order valence-electron chi connectivity index (χ2n) is 3.62. The zero-order chi connectivity index (χ0) is 12.0. The van der Waals surface area contributed by atoms with Gasteiger partial charge in [0, 0.05) is 0 Å². The normalized spacial score (nSPS) is 14.4. The van der Waals surface area contributed by atoms with Gasteiger partial charge in [0.2, 0.25) is 0 Å². The first-order chi connectivity index (χ1) is 7.61. The van der Waals surface area contributed by atoms with Gasteiger partial charge in [0.05, 0.1) is 13.2 Å². The smallest absolute Gasteiger partial charge is 0.160 e. The molecule has 4 nitrogen and oxygen atoms in total. The number of Topliss-reactive ketones (excluding diaryl/α,β-unsaturated/α-hetero) is 1. The van der Waals surface area contributed by atoms with Crippen LogP contribution in [0.4, 0.5) is 0 Å². The van der Waals surface area contributed by atoms with Gasteiger partial charge in [-0.25, -0.2) is 0 Å². The molecule has 0 radical (unpaired) electrons. The van der Waals surface area contributed by atoms with Crippen molar-refractivity contribution in [2.45, 2.75) is 25.7 Å². The van der Waals surface area contributed by atoms with Gasteiger partial charge in [0.15, 0.2) is 5.78 Å². The van der Waals surface area contributed by atoms with Crippen LogP contribution in [0.3, 0.4) is 0 Å². The SMILES string of the molecule is CC(=O)[C@H](O)[C@@H](O)COCc1ccccc1. The summed E-state index contributed by atoms with van der Waals surface area (Å²) in [6.07, 6.45) is -2.53. The molecule has 2 N–H and O–H groups in total. The Labute approximate surface area is 94.5 Å². The summed E-state index contributed by atoms with van der Waals surface area (Å²) < 4.78 is 5.19. The lowest BCUT2D eigenvalue weighted by Crippen LogP contribution is -2.35. The summed E-state index contributed by atoms with van der Waals surface area (Å²) in [5.41, 5.74) is 0.979. The highest BCUT2D eigenvalue weighted by atomic mass is 16.5. The summed E-state index contributed by atoms with van der Waals surface area (Å²) in [6, 6.07) is 9.47. The Morgan fingerprint density at radius 1 is 1.31 bits per heavy atom. The van der Waals surface area contributed by atoms with Crippen LogP contribution in [0.5, 0.6) is 0 Å². The van der Waals surface area contributed by atoms with Gasteiger partial charge in [-0.1, -0.05) is 30.3 Å². The molecule has 1 aromatic rings. The van der Waals surface area contributed by atoms with E-state index >= 15 is 0 Å². The molecule has 0 aliphatic rings. The third-order valence-corrected chi connectivity index (χ3v) is 2.18. The molecule has 4 heteroatoms. The molecule has 0 heterocycles. The molecule has 0 saturated carbocycles. The van der Waals surface area contributed by atoms with Crippen LogP contribution in [0.2, 0.25) is 0 Å². The molecule has 0 fully saturated rings. The van der Waals surface area contributed by atoms with Gasteiger partial charge < -0.3 is 14.9 Å². The minimum Gasteiger partial charge on any atom is -0.388 e. The van der Waals surface area contributed by atoms with Crippen molar-refractivity contribution in [1.29, 1.82) is 0 Å². The van der Waals surface area contributed by atoms with Crippen LogP contribution in [0.25, 0.3) is 0 Å². The number of benzene rings is 1. The number of carbonyl (C=O) groups is 1. The fourth-order valence-corrected chi connectivity index (χ4v) is 1.23. The molecule has 0 spiro atoms. The summed E-state index contributed by atoms with van der Waals surface area (Å²) in [6.45, 7) is 1.52. The second kappa shape index (κ2) is 6.37. The summed E-state index contributed by atoms with van der Waals surface area (Å²) in [4.78, 5) is 10.8. The number of hydrogen-bond acceptors (Lipinski definition) is 4. The van der Waals surface area contributed by atoms with Crippen LogP contribution < -0.4 is 0 Å². The maximum Gasteiger partial charge on any atom is 0.160 e. The molecule has 0 aromatic heterocycles. The molecule has 1 aromatic carbocycles. The highest BCUT2D eigenvalue weighted by Gasteiger charge is 2.20. The van der Waals surface area contributed by atoms with Crippen molar-refractivity contribution in [3.63, 3.8) is 0 Å². The number of aliphatic hydroxyl groups excluding tert-OH is 2. The Hall–Kier alpha value is -1.23. The van der Waals surface area contributed by atoms with Crippen molar-refractivity contribution in [2.24, 2.45) is 0 Å². The lowest BCUT2D eigenvalue weighted by atomic mass is 10.1. The fourth-order valence-electron chi connectivity index (χ4n) is 1.23. The largest absolute Gasteiger partial charge is 0.388 e. The van der Waals surface area contributed by atoms with Crippen LogP contribution >= 0.6 is 0 Å². The Bertz CT molecular complexity index is 323. The first kappa shape index (κ1) is 12.8. The molecule has 0 aliphatic carbocycles. The average Bonchev–Trinajstić information content (AvgIpc) is 2.29. The molecule has 0 unspecified atom stereocenters. The predicted molar refractivity (Wildman–Crippen MR) is 58.8 cm³/mol. The summed E-state index contributed by atoms with van der Waals surface area (Å²) in [5.74, 6) is -0.462. The Kier molecular flexibility index (Phi) is 5.11. The Balaban J connectivity index is 2.28. The van der Waals surface area contributed by atoms with E-state index in [1.54, 1.807) is 0 Å². The van der Waals surface area contributed by atoms with Gasteiger partial charge >= 0.3 is 0 Å². The minimum absolute atomic E-state index is 0.0599. The predicted octanol–water partition coefficient (Wildman–Crippen LogP) is 0.514. The lowest BCUT2D eigenvalue weighted by molar-refractivity contribution is -0.133. The second-order valence-corrected chi connectivity index (χ2v) is 3.62. The average molecular weight is 224 g/mol. The standard InChI is InChI=1S/C12H16O4/c1-9(13)12(15)11(14)8-16-7-10-5-3-2-4-6-10/h2-6,11-12,14-15H,7-8H2,1H3/t11-,12-/m0/s1. The zero-order valence-electron chi connectivity index (χ0n) is 9.17. The van der Waals surface area contributed by atoms with Gasteiger partial charge in [-0.2, -0.15) is 0 Å². The Morgan fingerprint density at radius 3 is 2.50 bits per heavy atom. The fraction of sp³-hybridized carbons (Fsp3) is 0.417. The Morgan fingerprint density at radius 2 is 1.94 bits per heavy atom. The van der Waals surface area contributed by atoms with Crippen molar-refractivity contribution >= 4 is 5.78 Å². The van der Waals surface area contributed by atoms with Gasteiger partial charge in [-0.05, 0) is 12.5 Å². The van der Waals surface area contributed by atoms with Crippen molar-refractivity contribution in [3.05, 3.63) is 35.9 Å². The maximum absolute atomic E-state index is 10.8. The number of ketones is 1. The van der Waals surface area contributed by atoms with E-state index < -0.39 is 18.0 Å². The summed E-state index contributed by atoms with van der Waals surface area (Å²) >= 11 is 0. The first-order valence-corrected chi connectivity index (χ1v) is 5.09. The number of ether oxygens (including phenoxy) is 1. The molecule has 1 rings (SSSR count).